The summed E-state index contributed by atoms with van der Waals surface area (Å²) in [4.78, 5) is 13.7. The predicted molar refractivity (Wildman–Crippen MR) is 71.1 cm³/mol. The molecule has 1 saturated heterocycles. The van der Waals surface area contributed by atoms with E-state index in [1.807, 2.05) is 60.7 Å². The highest BCUT2D eigenvalue weighted by atomic mass is 16.2. The summed E-state index contributed by atoms with van der Waals surface area (Å²) in [6.07, 6.45) is 0. The van der Waals surface area contributed by atoms with E-state index in [1.54, 1.807) is 4.90 Å². The van der Waals surface area contributed by atoms with Crippen LogP contribution in [0.1, 0.15) is 11.6 Å². The molecule has 1 aliphatic rings. The molecule has 1 fully saturated rings. The van der Waals surface area contributed by atoms with Crippen LogP contribution in [-0.4, -0.2) is 11.9 Å². The monoisotopic (exact) mass is 238 g/mol. The summed E-state index contributed by atoms with van der Waals surface area (Å²) in [6, 6.07) is 19.1. The van der Waals surface area contributed by atoms with Crippen molar-refractivity contribution in [1.29, 1.82) is 0 Å². The molecule has 0 spiro atoms. The third kappa shape index (κ3) is 1.60. The van der Waals surface area contributed by atoms with Crippen LogP contribution in [0.2, 0.25) is 0 Å². The number of nitrogens with zero attached hydrogens (tertiary/aromatic N) is 1. The lowest BCUT2D eigenvalue weighted by molar-refractivity contribution is -0.126. The van der Waals surface area contributed by atoms with Crippen molar-refractivity contribution >= 4 is 11.6 Å². The Bertz CT molecular complexity index is 553. The number of amides is 1. The Morgan fingerprint density at radius 1 is 0.889 bits per heavy atom. The number of para-hydroxylation sites is 1. The number of benzene rings is 2. The summed E-state index contributed by atoms with van der Waals surface area (Å²) in [5.74, 6) is -0.0185. The molecule has 1 aliphatic heterocycles. The van der Waals surface area contributed by atoms with E-state index >= 15 is 0 Å². The second-order valence-corrected chi connectivity index (χ2v) is 4.43. The van der Waals surface area contributed by atoms with Gasteiger partial charge in [0.15, 0.2) is 0 Å². The standard InChI is InChI=1S/C15H14N2O/c16-13-14(11-7-3-1-4-8-11)17(15(13)18)12-9-5-2-6-10-12/h1-10,13-14H,16H2. The Hall–Kier alpha value is -2.13. The highest BCUT2D eigenvalue weighted by Crippen LogP contribution is 2.37. The van der Waals surface area contributed by atoms with Gasteiger partial charge in [-0.25, -0.2) is 0 Å². The predicted octanol–water partition coefficient (Wildman–Crippen LogP) is 2.10. The van der Waals surface area contributed by atoms with E-state index in [1.165, 1.54) is 0 Å². The average molecular weight is 238 g/mol. The SMILES string of the molecule is NC1C(=O)N(c2ccccc2)C1c1ccccc1. The Kier molecular flexibility index (Phi) is 2.61. The van der Waals surface area contributed by atoms with Crippen LogP contribution in [-0.2, 0) is 4.79 Å². The summed E-state index contributed by atoms with van der Waals surface area (Å²) in [5, 5.41) is 0. The van der Waals surface area contributed by atoms with Gasteiger partial charge in [0.2, 0.25) is 5.91 Å². The second-order valence-electron chi connectivity index (χ2n) is 4.43. The van der Waals surface area contributed by atoms with E-state index in [0.717, 1.165) is 11.3 Å². The number of rotatable bonds is 2. The molecule has 18 heavy (non-hydrogen) atoms. The Morgan fingerprint density at radius 3 is 2.06 bits per heavy atom. The van der Waals surface area contributed by atoms with Gasteiger partial charge in [-0.3, -0.25) is 4.79 Å². The van der Waals surface area contributed by atoms with E-state index in [-0.39, 0.29) is 11.9 Å². The summed E-state index contributed by atoms with van der Waals surface area (Å²) >= 11 is 0. The molecule has 0 saturated carbocycles. The first-order chi connectivity index (χ1) is 8.79. The lowest BCUT2D eigenvalue weighted by Gasteiger charge is -2.45. The van der Waals surface area contributed by atoms with Crippen LogP contribution < -0.4 is 10.6 Å². The van der Waals surface area contributed by atoms with Crippen molar-refractivity contribution < 1.29 is 4.79 Å². The van der Waals surface area contributed by atoms with E-state index in [0.29, 0.717) is 0 Å². The highest BCUT2D eigenvalue weighted by Gasteiger charge is 2.46. The minimum Gasteiger partial charge on any atom is -0.318 e. The maximum absolute atomic E-state index is 11.9. The number of β-lactam (4-membered cyclic amide) rings is 1. The Morgan fingerprint density at radius 2 is 1.44 bits per heavy atom. The molecule has 0 aliphatic carbocycles. The van der Waals surface area contributed by atoms with E-state index in [9.17, 15) is 4.79 Å². The fourth-order valence-electron chi connectivity index (χ4n) is 2.39. The Labute approximate surface area is 106 Å². The molecular weight excluding hydrogens is 224 g/mol. The molecule has 2 unspecified atom stereocenters. The largest absolute Gasteiger partial charge is 0.318 e. The molecule has 3 rings (SSSR count). The molecule has 1 heterocycles. The molecule has 3 nitrogen and oxygen atoms in total. The summed E-state index contributed by atoms with van der Waals surface area (Å²) in [6.45, 7) is 0. The van der Waals surface area contributed by atoms with Gasteiger partial charge in [0.25, 0.3) is 0 Å². The molecule has 0 aromatic heterocycles. The second kappa shape index (κ2) is 4.27. The molecule has 90 valence electrons. The molecule has 1 amide bonds. The first-order valence-corrected chi connectivity index (χ1v) is 5.97. The van der Waals surface area contributed by atoms with Crippen LogP contribution in [0.5, 0.6) is 0 Å². The summed E-state index contributed by atoms with van der Waals surface area (Å²) in [7, 11) is 0. The van der Waals surface area contributed by atoms with Crippen LogP contribution in [0.4, 0.5) is 5.69 Å². The summed E-state index contributed by atoms with van der Waals surface area (Å²) < 4.78 is 0. The summed E-state index contributed by atoms with van der Waals surface area (Å²) in [5.41, 5.74) is 7.91. The molecular formula is C15H14N2O. The fraction of sp³-hybridized carbons (Fsp3) is 0.133. The van der Waals surface area contributed by atoms with Crippen LogP contribution >= 0.6 is 0 Å². The van der Waals surface area contributed by atoms with E-state index < -0.39 is 6.04 Å². The van der Waals surface area contributed by atoms with Gasteiger partial charge in [-0.15, -0.1) is 0 Å². The van der Waals surface area contributed by atoms with Gasteiger partial charge in [0.05, 0.1) is 6.04 Å². The van der Waals surface area contributed by atoms with Gasteiger partial charge in [-0.2, -0.15) is 0 Å². The molecule has 0 radical (unpaired) electrons. The number of carbonyl (C=O) groups is 1. The molecule has 3 heteroatoms. The topological polar surface area (TPSA) is 46.3 Å². The smallest absolute Gasteiger partial charge is 0.247 e. The van der Waals surface area contributed by atoms with Crippen molar-refractivity contribution in [3.8, 4) is 0 Å². The molecule has 2 aromatic rings. The first kappa shape index (κ1) is 11.0. The average Bonchev–Trinajstić information content (AvgIpc) is 2.45. The maximum atomic E-state index is 11.9. The van der Waals surface area contributed by atoms with Crippen molar-refractivity contribution in [2.75, 3.05) is 4.90 Å². The zero-order chi connectivity index (χ0) is 12.5. The van der Waals surface area contributed by atoms with Crippen LogP contribution in [0.15, 0.2) is 60.7 Å². The first-order valence-electron chi connectivity index (χ1n) is 5.97. The zero-order valence-corrected chi connectivity index (χ0v) is 9.86. The number of carbonyl (C=O) groups excluding carboxylic acids is 1. The quantitative estimate of drug-likeness (QED) is 0.814. The Balaban J connectivity index is 1.97. The van der Waals surface area contributed by atoms with Crippen molar-refractivity contribution in [2.45, 2.75) is 12.1 Å². The third-order valence-electron chi connectivity index (χ3n) is 3.32. The van der Waals surface area contributed by atoms with Gasteiger partial charge < -0.3 is 10.6 Å². The zero-order valence-electron chi connectivity index (χ0n) is 9.86. The van der Waals surface area contributed by atoms with Gasteiger partial charge in [-0.1, -0.05) is 48.5 Å². The maximum Gasteiger partial charge on any atom is 0.247 e. The van der Waals surface area contributed by atoms with Crippen molar-refractivity contribution in [3.63, 3.8) is 0 Å². The van der Waals surface area contributed by atoms with Gasteiger partial charge >= 0.3 is 0 Å². The number of nitrogens with two attached hydrogens (primary N) is 1. The molecule has 2 aromatic carbocycles. The number of anilines is 1. The number of hydrogen-bond acceptors (Lipinski definition) is 2. The van der Waals surface area contributed by atoms with Crippen molar-refractivity contribution in [1.82, 2.24) is 0 Å². The minimum atomic E-state index is -0.437. The molecule has 2 atom stereocenters. The van der Waals surface area contributed by atoms with Gasteiger partial charge in [0, 0.05) is 5.69 Å². The number of hydrogen-bond donors (Lipinski definition) is 1. The van der Waals surface area contributed by atoms with E-state index in [4.69, 9.17) is 5.73 Å². The normalized spacial score (nSPS) is 22.7. The molecule has 0 bridgehead atoms. The van der Waals surface area contributed by atoms with Gasteiger partial charge in [0.1, 0.15) is 6.04 Å². The highest BCUT2D eigenvalue weighted by molar-refractivity contribution is 6.05. The lowest BCUT2D eigenvalue weighted by atomic mass is 9.88. The van der Waals surface area contributed by atoms with Crippen LogP contribution in [0.25, 0.3) is 0 Å². The minimum absolute atomic E-state index is 0.0185. The van der Waals surface area contributed by atoms with Crippen LogP contribution in [0.3, 0.4) is 0 Å². The fourth-order valence-corrected chi connectivity index (χ4v) is 2.39. The third-order valence-corrected chi connectivity index (χ3v) is 3.32. The molecule has 2 N–H and O–H groups in total. The van der Waals surface area contributed by atoms with Crippen molar-refractivity contribution in [2.24, 2.45) is 5.73 Å². The van der Waals surface area contributed by atoms with E-state index in [2.05, 4.69) is 0 Å². The van der Waals surface area contributed by atoms with Crippen molar-refractivity contribution in [3.05, 3.63) is 66.2 Å². The van der Waals surface area contributed by atoms with Crippen LogP contribution in [0, 0.1) is 0 Å². The van der Waals surface area contributed by atoms with Gasteiger partial charge in [-0.05, 0) is 17.7 Å². The lowest BCUT2D eigenvalue weighted by Crippen LogP contribution is -2.63.